The van der Waals surface area contributed by atoms with E-state index in [4.69, 9.17) is 27.1 Å². The van der Waals surface area contributed by atoms with Crippen molar-refractivity contribution in [2.24, 2.45) is 0 Å². The first kappa shape index (κ1) is 51.6. The van der Waals surface area contributed by atoms with Gasteiger partial charge in [-0.15, -0.1) is 0 Å². The number of rotatable bonds is 17. The first-order chi connectivity index (χ1) is 38.8. The molecule has 0 amide bonds. The minimum atomic E-state index is -2.56. The molecule has 2 N–H and O–H groups in total. The first-order valence-corrected chi connectivity index (χ1v) is 28.2. The summed E-state index contributed by atoms with van der Waals surface area (Å²) in [5.74, 6) is -0.162. The van der Waals surface area contributed by atoms with Crippen molar-refractivity contribution in [2.75, 3.05) is 0 Å². The third kappa shape index (κ3) is 9.68. The third-order valence-corrected chi connectivity index (χ3v) is 16.7. The van der Waals surface area contributed by atoms with Gasteiger partial charge in [0.05, 0.1) is 10.8 Å². The maximum atomic E-state index is 13.9. The molecular weight excluding hydrogens is 1040 g/mol. The second-order valence-corrected chi connectivity index (χ2v) is 22.5. The molecule has 0 aliphatic heterocycles. The first-order valence-electron chi connectivity index (χ1n) is 26.0. The Hall–Kier alpha value is -9.20. The van der Waals surface area contributed by atoms with Crippen LogP contribution < -0.4 is 27.1 Å². The molecule has 12 aromatic carbocycles. The predicted octanol–water partition coefficient (Wildman–Crippen LogP) is 18.5. The van der Waals surface area contributed by atoms with Crippen LogP contribution in [-0.4, -0.2) is 22.2 Å². The molecule has 0 atom stereocenters. The molecule has 0 bridgehead atoms. The molecule has 0 unspecified atom stereocenters. The zero-order valence-electron chi connectivity index (χ0n) is 44.0. The van der Waals surface area contributed by atoms with Gasteiger partial charge in [0, 0.05) is 43.8 Å². The fourth-order valence-corrected chi connectivity index (χ4v) is 12.4. The molecule has 0 spiro atoms. The fraction of sp³-hybridized carbons (Fsp3) is 0.0882. The summed E-state index contributed by atoms with van der Waals surface area (Å²) in [4.78, 5) is 27.8. The van der Waals surface area contributed by atoms with E-state index in [0.29, 0.717) is 55.7 Å². The van der Waals surface area contributed by atoms with Crippen molar-refractivity contribution in [3.63, 3.8) is 0 Å². The van der Waals surface area contributed by atoms with Crippen molar-refractivity contribution >= 4 is 93.8 Å². The maximum Gasteiger partial charge on any atom is 0.530 e. The van der Waals surface area contributed by atoms with Crippen LogP contribution in [0.2, 0.25) is 0 Å². The molecule has 394 valence electrons. The number of fused-ring (bicyclic) bond motifs is 6. The van der Waals surface area contributed by atoms with E-state index in [9.17, 15) is 19.8 Å². The summed E-state index contributed by atoms with van der Waals surface area (Å²) in [7, 11) is -5.13. The number of aliphatic carboxylic acids is 2. The van der Waals surface area contributed by atoms with Crippen LogP contribution in [0, 0.1) is 0 Å². The minimum absolute atomic E-state index is 0.109. The molecule has 12 rings (SSSR count). The van der Waals surface area contributed by atoms with Crippen molar-refractivity contribution in [3.05, 3.63) is 242 Å². The lowest BCUT2D eigenvalue weighted by Crippen LogP contribution is -2.30. The molecule has 12 aromatic rings. The van der Waals surface area contributed by atoms with Gasteiger partial charge in [-0.25, -0.2) is 0 Å². The zero-order valence-corrected chi connectivity index (χ0v) is 45.8. The largest absolute Gasteiger partial charge is 0.530 e. The Kier molecular flexibility index (Phi) is 13.7. The van der Waals surface area contributed by atoms with Gasteiger partial charge in [-0.1, -0.05) is 194 Å². The SMILES string of the molecule is CC(C)(C(=O)O)c1cc2ccccc2c(-c2c(OP(Oc3cccc4ccccc34)Oc3cccc4ccccc34)c(C(C)(C)C(=O)O)cc3ccccc23)c1OP(Oc1cccc2ccccc12)Oc1cccc2ccccc12. The predicted molar refractivity (Wildman–Crippen MR) is 322 cm³/mol. The van der Waals surface area contributed by atoms with Gasteiger partial charge >= 0.3 is 29.1 Å². The maximum absolute atomic E-state index is 13.9. The Labute approximate surface area is 464 Å². The molecular formula is C68H52O10P2. The van der Waals surface area contributed by atoms with Gasteiger partial charge in [-0.2, -0.15) is 0 Å². The summed E-state index contributed by atoms with van der Waals surface area (Å²) >= 11 is 0. The van der Waals surface area contributed by atoms with Crippen molar-refractivity contribution in [1.29, 1.82) is 0 Å². The molecule has 0 heterocycles. The van der Waals surface area contributed by atoms with Gasteiger partial charge < -0.3 is 37.4 Å². The highest BCUT2D eigenvalue weighted by atomic mass is 31.2. The average Bonchev–Trinajstić information content (AvgIpc) is 3.55. The van der Waals surface area contributed by atoms with Gasteiger partial charge in [-0.3, -0.25) is 9.59 Å². The molecule has 0 fully saturated rings. The zero-order chi connectivity index (χ0) is 55.1. The molecule has 0 aliphatic carbocycles. The molecule has 0 aromatic heterocycles. The van der Waals surface area contributed by atoms with Gasteiger partial charge in [0.25, 0.3) is 0 Å². The van der Waals surface area contributed by atoms with E-state index in [1.54, 1.807) is 27.7 Å². The Morgan fingerprint density at radius 3 is 0.825 bits per heavy atom. The van der Waals surface area contributed by atoms with Crippen molar-refractivity contribution in [2.45, 2.75) is 38.5 Å². The van der Waals surface area contributed by atoms with Crippen LogP contribution in [0.3, 0.4) is 0 Å². The van der Waals surface area contributed by atoms with Crippen molar-refractivity contribution in [3.8, 4) is 45.6 Å². The van der Waals surface area contributed by atoms with E-state index in [1.807, 2.05) is 231 Å². The van der Waals surface area contributed by atoms with Crippen molar-refractivity contribution < 1.29 is 46.9 Å². The summed E-state index contributed by atoms with van der Waals surface area (Å²) in [6.45, 7) is 6.52. The van der Waals surface area contributed by atoms with Crippen LogP contribution in [0.1, 0.15) is 38.8 Å². The van der Waals surface area contributed by atoms with Gasteiger partial charge in [0.2, 0.25) is 0 Å². The second kappa shape index (κ2) is 21.2. The Morgan fingerprint density at radius 2 is 0.550 bits per heavy atom. The lowest BCUT2D eigenvalue weighted by molar-refractivity contribution is -0.143. The molecule has 10 nitrogen and oxygen atoms in total. The summed E-state index contributed by atoms with van der Waals surface area (Å²) < 4.78 is 43.1. The number of hydrogen-bond donors (Lipinski definition) is 2. The van der Waals surface area contributed by atoms with Crippen LogP contribution in [0.25, 0.3) is 75.8 Å². The van der Waals surface area contributed by atoms with E-state index in [-0.39, 0.29) is 22.6 Å². The van der Waals surface area contributed by atoms with Crippen LogP contribution in [-0.2, 0) is 20.4 Å². The number of carboxylic acid groups (broad SMARTS) is 2. The standard InChI is InChI=1S/C68H52O10P2/c1-67(2,65(69)70)55-41-47-25-9-15-35-53(47)61(63(55)77-79(73-57-37-17-27-43-21-5-11-31-49(43)57)74-58-38-18-28-44-22-6-12-32-50(44)58)62-54-36-16-10-26-48(54)42-56(68(3,4)66(71)72)64(62)78-80(75-59-39-19-29-45-23-7-13-33-51(45)59)76-60-40-20-30-46-24-8-14-34-52(46)60/h5-42H,1-4H3,(H,69,70)(H,71,72). The molecule has 0 saturated carbocycles. The fourth-order valence-electron chi connectivity index (χ4n) is 10.2. The topological polar surface area (TPSA) is 130 Å². The average molecular weight is 1090 g/mol. The molecule has 80 heavy (non-hydrogen) atoms. The summed E-state index contributed by atoms with van der Waals surface area (Å²) in [5.41, 5.74) is -1.92. The third-order valence-electron chi connectivity index (χ3n) is 14.7. The van der Waals surface area contributed by atoms with Crippen molar-refractivity contribution in [1.82, 2.24) is 0 Å². The summed E-state index contributed by atoms with van der Waals surface area (Å²) in [5, 5.41) is 32.2. The monoisotopic (exact) mass is 1090 g/mol. The van der Waals surface area contributed by atoms with E-state index >= 15 is 0 Å². The van der Waals surface area contributed by atoms with E-state index in [0.717, 1.165) is 43.1 Å². The van der Waals surface area contributed by atoms with E-state index < -0.39 is 40.0 Å². The number of carbonyl (C=O) groups is 2. The number of carboxylic acids is 2. The number of benzene rings is 12. The smallest absolute Gasteiger partial charge is 0.481 e. The highest BCUT2D eigenvalue weighted by Gasteiger charge is 2.41. The van der Waals surface area contributed by atoms with Crippen LogP contribution >= 0.6 is 17.2 Å². The lowest BCUT2D eigenvalue weighted by Gasteiger charge is -2.31. The summed E-state index contributed by atoms with van der Waals surface area (Å²) in [6.07, 6.45) is 0. The van der Waals surface area contributed by atoms with Crippen LogP contribution in [0.4, 0.5) is 0 Å². The molecule has 0 radical (unpaired) electrons. The summed E-state index contributed by atoms with van der Waals surface area (Å²) in [6, 6.07) is 73.2. The molecule has 0 aliphatic rings. The Bertz CT molecular complexity index is 3920. The lowest BCUT2D eigenvalue weighted by atomic mass is 9.77. The van der Waals surface area contributed by atoms with Gasteiger partial charge in [0.15, 0.2) is 0 Å². The quantitative estimate of drug-likeness (QED) is 0.0850. The minimum Gasteiger partial charge on any atom is -0.481 e. The Morgan fingerprint density at radius 1 is 0.312 bits per heavy atom. The van der Waals surface area contributed by atoms with Gasteiger partial charge in [0.1, 0.15) is 34.5 Å². The second-order valence-electron chi connectivity index (χ2n) is 20.5. The Balaban J connectivity index is 1.16. The highest BCUT2D eigenvalue weighted by Crippen LogP contribution is 2.59. The number of hydrogen-bond acceptors (Lipinski definition) is 8. The van der Waals surface area contributed by atoms with E-state index in [1.165, 1.54) is 0 Å². The normalized spacial score (nSPS) is 11.9. The van der Waals surface area contributed by atoms with E-state index in [2.05, 4.69) is 0 Å². The molecule has 0 saturated heterocycles. The van der Waals surface area contributed by atoms with Gasteiger partial charge in [-0.05, 0) is 107 Å². The highest BCUT2D eigenvalue weighted by molar-refractivity contribution is 7.43. The van der Waals surface area contributed by atoms with Crippen LogP contribution in [0.5, 0.6) is 34.5 Å². The molecule has 12 heteroatoms. The van der Waals surface area contributed by atoms with Crippen LogP contribution in [0.15, 0.2) is 231 Å².